The Bertz CT molecular complexity index is 336. The maximum atomic E-state index is 11.7. The summed E-state index contributed by atoms with van der Waals surface area (Å²) in [7, 11) is 0. The van der Waals surface area contributed by atoms with E-state index < -0.39 is 0 Å². The van der Waals surface area contributed by atoms with Gasteiger partial charge in [-0.05, 0) is 32.9 Å². The summed E-state index contributed by atoms with van der Waals surface area (Å²) in [5.74, 6) is -0.0430. The molecule has 86 valence electrons. The van der Waals surface area contributed by atoms with Crippen molar-refractivity contribution >= 4 is 29.7 Å². The first kappa shape index (κ1) is 14.4. The normalized spacial score (nSPS) is 10.7. The Hall–Kier alpha value is -0.580. The van der Waals surface area contributed by atoms with E-state index in [1.165, 1.54) is 11.3 Å². The number of thiophene rings is 1. The summed E-state index contributed by atoms with van der Waals surface area (Å²) in [6, 6.07) is 3.77. The SMILES string of the molecule is Cc1ccc(C(=O)NC(C)(C)CN)s1.Cl. The van der Waals surface area contributed by atoms with E-state index in [9.17, 15) is 4.79 Å². The van der Waals surface area contributed by atoms with E-state index in [4.69, 9.17) is 5.73 Å². The number of hydrogen-bond acceptors (Lipinski definition) is 3. The van der Waals surface area contributed by atoms with Crippen LogP contribution in [0.15, 0.2) is 12.1 Å². The van der Waals surface area contributed by atoms with Gasteiger partial charge in [-0.2, -0.15) is 0 Å². The maximum absolute atomic E-state index is 11.7. The third kappa shape index (κ3) is 4.20. The average Bonchev–Trinajstić information content (AvgIpc) is 2.51. The summed E-state index contributed by atoms with van der Waals surface area (Å²) in [5, 5.41) is 2.88. The summed E-state index contributed by atoms with van der Waals surface area (Å²) in [6.45, 7) is 6.23. The van der Waals surface area contributed by atoms with Gasteiger partial charge in [0.15, 0.2) is 0 Å². The van der Waals surface area contributed by atoms with Crippen molar-refractivity contribution in [2.45, 2.75) is 26.3 Å². The zero-order valence-corrected chi connectivity index (χ0v) is 10.8. The van der Waals surface area contributed by atoms with E-state index in [1.54, 1.807) is 0 Å². The molecule has 1 aromatic rings. The van der Waals surface area contributed by atoms with E-state index in [0.29, 0.717) is 6.54 Å². The molecule has 0 bridgehead atoms. The van der Waals surface area contributed by atoms with Crippen LogP contribution in [0.25, 0.3) is 0 Å². The Labute approximate surface area is 100 Å². The van der Waals surface area contributed by atoms with Crippen LogP contribution in [0, 0.1) is 6.92 Å². The van der Waals surface area contributed by atoms with Gasteiger partial charge in [0.25, 0.3) is 5.91 Å². The third-order valence-corrected chi connectivity index (χ3v) is 2.93. The molecule has 0 atom stereocenters. The van der Waals surface area contributed by atoms with Gasteiger partial charge >= 0.3 is 0 Å². The first-order valence-corrected chi connectivity index (χ1v) is 5.35. The van der Waals surface area contributed by atoms with E-state index in [2.05, 4.69) is 5.32 Å². The second kappa shape index (κ2) is 5.49. The molecule has 0 saturated carbocycles. The van der Waals surface area contributed by atoms with E-state index >= 15 is 0 Å². The van der Waals surface area contributed by atoms with Gasteiger partial charge in [0.1, 0.15) is 0 Å². The Morgan fingerprint density at radius 3 is 2.53 bits per heavy atom. The highest BCUT2D eigenvalue weighted by Crippen LogP contribution is 2.15. The second-order valence-corrected chi connectivity index (χ2v) is 5.24. The molecule has 15 heavy (non-hydrogen) atoms. The van der Waals surface area contributed by atoms with E-state index in [0.717, 1.165) is 9.75 Å². The Balaban J connectivity index is 0.00000196. The fourth-order valence-electron chi connectivity index (χ4n) is 0.977. The van der Waals surface area contributed by atoms with Crippen LogP contribution >= 0.6 is 23.7 Å². The van der Waals surface area contributed by atoms with Crippen molar-refractivity contribution in [1.29, 1.82) is 0 Å². The lowest BCUT2D eigenvalue weighted by Gasteiger charge is -2.23. The molecule has 0 aliphatic rings. The average molecular weight is 249 g/mol. The lowest BCUT2D eigenvalue weighted by Crippen LogP contribution is -2.48. The monoisotopic (exact) mass is 248 g/mol. The first-order chi connectivity index (χ1) is 6.44. The Morgan fingerprint density at radius 2 is 2.13 bits per heavy atom. The van der Waals surface area contributed by atoms with Crippen molar-refractivity contribution < 1.29 is 4.79 Å². The molecule has 1 heterocycles. The largest absolute Gasteiger partial charge is 0.345 e. The van der Waals surface area contributed by atoms with Crippen LogP contribution in [0.5, 0.6) is 0 Å². The molecule has 3 N–H and O–H groups in total. The lowest BCUT2D eigenvalue weighted by atomic mass is 10.1. The van der Waals surface area contributed by atoms with Crippen LogP contribution in [-0.4, -0.2) is 18.0 Å². The van der Waals surface area contributed by atoms with Crippen LogP contribution in [0.4, 0.5) is 0 Å². The minimum Gasteiger partial charge on any atom is -0.345 e. The zero-order valence-electron chi connectivity index (χ0n) is 9.16. The van der Waals surface area contributed by atoms with Gasteiger partial charge < -0.3 is 11.1 Å². The lowest BCUT2D eigenvalue weighted by molar-refractivity contribution is 0.0920. The number of rotatable bonds is 3. The van der Waals surface area contributed by atoms with E-state index in [-0.39, 0.29) is 23.9 Å². The molecule has 0 saturated heterocycles. The molecule has 1 rings (SSSR count). The maximum Gasteiger partial charge on any atom is 0.261 e. The van der Waals surface area contributed by atoms with E-state index in [1.807, 2.05) is 32.9 Å². The van der Waals surface area contributed by atoms with Crippen molar-refractivity contribution in [3.63, 3.8) is 0 Å². The van der Waals surface area contributed by atoms with Crippen LogP contribution in [0.3, 0.4) is 0 Å². The van der Waals surface area contributed by atoms with Crippen LogP contribution < -0.4 is 11.1 Å². The molecule has 0 radical (unpaired) electrons. The van der Waals surface area contributed by atoms with Gasteiger partial charge in [0, 0.05) is 17.0 Å². The van der Waals surface area contributed by atoms with Crippen molar-refractivity contribution in [3.8, 4) is 0 Å². The van der Waals surface area contributed by atoms with Gasteiger partial charge in [0.05, 0.1) is 4.88 Å². The predicted molar refractivity (Wildman–Crippen MR) is 66.9 cm³/mol. The first-order valence-electron chi connectivity index (χ1n) is 4.53. The summed E-state index contributed by atoms with van der Waals surface area (Å²) >= 11 is 1.49. The number of amides is 1. The fourth-order valence-corrected chi connectivity index (χ4v) is 1.74. The van der Waals surface area contributed by atoms with Crippen LogP contribution in [-0.2, 0) is 0 Å². The topological polar surface area (TPSA) is 55.1 Å². The molecular weight excluding hydrogens is 232 g/mol. The summed E-state index contributed by atoms with van der Waals surface area (Å²) < 4.78 is 0. The van der Waals surface area contributed by atoms with Gasteiger partial charge in [-0.15, -0.1) is 23.7 Å². The number of carbonyl (C=O) groups is 1. The molecule has 0 aliphatic heterocycles. The van der Waals surface area contributed by atoms with Crippen molar-refractivity contribution in [1.82, 2.24) is 5.32 Å². The predicted octanol–water partition coefficient (Wildman–Crippen LogP) is 1.95. The van der Waals surface area contributed by atoms with Crippen molar-refractivity contribution in [2.24, 2.45) is 5.73 Å². The molecule has 5 heteroatoms. The summed E-state index contributed by atoms with van der Waals surface area (Å²) in [6.07, 6.45) is 0. The number of carbonyl (C=O) groups excluding carboxylic acids is 1. The van der Waals surface area contributed by atoms with Crippen molar-refractivity contribution in [2.75, 3.05) is 6.54 Å². The second-order valence-electron chi connectivity index (χ2n) is 3.95. The Kier molecular flexibility index (Phi) is 5.28. The fraction of sp³-hybridized carbons (Fsp3) is 0.500. The zero-order chi connectivity index (χ0) is 10.8. The quantitative estimate of drug-likeness (QED) is 0.859. The molecule has 1 amide bonds. The molecule has 0 spiro atoms. The molecule has 3 nitrogen and oxygen atoms in total. The number of hydrogen-bond donors (Lipinski definition) is 2. The number of nitrogens with one attached hydrogen (secondary N) is 1. The molecule has 0 unspecified atom stereocenters. The summed E-state index contributed by atoms with van der Waals surface area (Å²) in [4.78, 5) is 13.6. The number of aryl methyl sites for hydroxylation is 1. The van der Waals surface area contributed by atoms with Gasteiger partial charge in [-0.3, -0.25) is 4.79 Å². The smallest absolute Gasteiger partial charge is 0.261 e. The Morgan fingerprint density at radius 1 is 1.53 bits per heavy atom. The van der Waals surface area contributed by atoms with Crippen LogP contribution in [0.1, 0.15) is 28.4 Å². The molecular formula is C10H17ClN2OS. The van der Waals surface area contributed by atoms with Gasteiger partial charge in [0.2, 0.25) is 0 Å². The third-order valence-electron chi connectivity index (χ3n) is 1.93. The van der Waals surface area contributed by atoms with Crippen molar-refractivity contribution in [3.05, 3.63) is 21.9 Å². The summed E-state index contributed by atoms with van der Waals surface area (Å²) in [5.41, 5.74) is 5.19. The molecule has 0 fully saturated rings. The molecule has 1 aromatic heterocycles. The highest BCUT2D eigenvalue weighted by atomic mass is 35.5. The minimum atomic E-state index is -0.338. The molecule has 0 aliphatic carbocycles. The highest BCUT2D eigenvalue weighted by Gasteiger charge is 2.19. The number of halogens is 1. The standard InChI is InChI=1S/C10H16N2OS.ClH/c1-7-4-5-8(14-7)9(13)12-10(2,3)6-11;/h4-5H,6,11H2,1-3H3,(H,12,13);1H. The minimum absolute atomic E-state index is 0. The highest BCUT2D eigenvalue weighted by molar-refractivity contribution is 7.13. The number of nitrogens with two attached hydrogens (primary N) is 1. The van der Waals surface area contributed by atoms with Crippen LogP contribution in [0.2, 0.25) is 0 Å². The van der Waals surface area contributed by atoms with Gasteiger partial charge in [-0.1, -0.05) is 0 Å². The van der Waals surface area contributed by atoms with Gasteiger partial charge in [-0.25, -0.2) is 0 Å². The molecule has 0 aromatic carbocycles.